The van der Waals surface area contributed by atoms with Crippen LogP contribution in [0.1, 0.15) is 18.4 Å². The van der Waals surface area contributed by atoms with E-state index in [1.807, 2.05) is 18.2 Å². The molecule has 1 heterocycles. The van der Waals surface area contributed by atoms with Crippen molar-refractivity contribution in [2.24, 2.45) is 5.41 Å². The number of alkyl halides is 1. The summed E-state index contributed by atoms with van der Waals surface area (Å²) in [6.07, 6.45) is 1.67. The first kappa shape index (κ1) is 14.4. The summed E-state index contributed by atoms with van der Waals surface area (Å²) in [5.74, 6) is 0.499. The highest BCUT2D eigenvalue weighted by Crippen LogP contribution is 2.37. The molecule has 0 unspecified atom stereocenters. The molecule has 0 N–H and O–H groups in total. The molecule has 0 aliphatic carbocycles. The van der Waals surface area contributed by atoms with E-state index >= 15 is 0 Å². The molecule has 1 saturated heterocycles. The first-order valence-electron chi connectivity index (χ1n) is 6.61. The number of rotatable bonds is 6. The Kier molecular flexibility index (Phi) is 4.83. The van der Waals surface area contributed by atoms with Crippen molar-refractivity contribution in [3.8, 4) is 0 Å². The van der Waals surface area contributed by atoms with Gasteiger partial charge in [0.05, 0.1) is 12.5 Å². The van der Waals surface area contributed by atoms with Crippen LogP contribution in [0.15, 0.2) is 30.3 Å². The molecule has 104 valence electrons. The molecule has 0 amide bonds. The average Bonchev–Trinajstić information content (AvgIpc) is 2.41. The Balaban J connectivity index is 1.91. The highest BCUT2D eigenvalue weighted by Gasteiger charge is 2.49. The SMILES string of the molecule is COC(=O)C1(CCCCl)CN(Cc2ccccc2)C1. The van der Waals surface area contributed by atoms with Gasteiger partial charge >= 0.3 is 5.97 Å². The Morgan fingerprint density at radius 2 is 2.05 bits per heavy atom. The van der Waals surface area contributed by atoms with E-state index in [9.17, 15) is 4.79 Å². The number of benzene rings is 1. The molecule has 0 aromatic heterocycles. The van der Waals surface area contributed by atoms with Crippen LogP contribution in [0.5, 0.6) is 0 Å². The molecule has 1 aliphatic heterocycles. The van der Waals surface area contributed by atoms with Gasteiger partial charge in [0, 0.05) is 25.5 Å². The van der Waals surface area contributed by atoms with Crippen LogP contribution < -0.4 is 0 Å². The fourth-order valence-corrected chi connectivity index (χ4v) is 2.91. The van der Waals surface area contributed by atoms with E-state index in [-0.39, 0.29) is 11.4 Å². The molecule has 1 aromatic rings. The number of ether oxygens (including phenoxy) is 1. The molecule has 2 rings (SSSR count). The number of methoxy groups -OCH3 is 1. The van der Waals surface area contributed by atoms with E-state index in [2.05, 4.69) is 17.0 Å². The fraction of sp³-hybridized carbons (Fsp3) is 0.533. The lowest BCUT2D eigenvalue weighted by atomic mass is 9.76. The normalized spacial score (nSPS) is 17.8. The average molecular weight is 282 g/mol. The van der Waals surface area contributed by atoms with E-state index < -0.39 is 0 Å². The smallest absolute Gasteiger partial charge is 0.314 e. The standard InChI is InChI=1S/C15H20ClNO2/c1-19-14(18)15(8-5-9-16)11-17(12-15)10-13-6-3-2-4-7-13/h2-4,6-7H,5,8-12H2,1H3. The number of esters is 1. The van der Waals surface area contributed by atoms with Gasteiger partial charge < -0.3 is 4.74 Å². The van der Waals surface area contributed by atoms with Gasteiger partial charge in [0.1, 0.15) is 0 Å². The second-order valence-electron chi connectivity index (χ2n) is 5.20. The number of halogens is 1. The van der Waals surface area contributed by atoms with Crippen LogP contribution in [0.3, 0.4) is 0 Å². The lowest BCUT2D eigenvalue weighted by molar-refractivity contribution is -0.166. The topological polar surface area (TPSA) is 29.5 Å². The summed E-state index contributed by atoms with van der Waals surface area (Å²) >= 11 is 5.74. The van der Waals surface area contributed by atoms with E-state index in [0.717, 1.165) is 32.5 Å². The van der Waals surface area contributed by atoms with Crippen molar-refractivity contribution in [3.63, 3.8) is 0 Å². The maximum Gasteiger partial charge on any atom is 0.314 e. The number of carbonyl (C=O) groups excluding carboxylic acids is 1. The number of likely N-dealkylation sites (tertiary alicyclic amines) is 1. The maximum atomic E-state index is 11.9. The largest absolute Gasteiger partial charge is 0.469 e. The quantitative estimate of drug-likeness (QED) is 0.593. The molecular formula is C15H20ClNO2. The maximum absolute atomic E-state index is 11.9. The zero-order valence-corrected chi connectivity index (χ0v) is 12.0. The zero-order valence-electron chi connectivity index (χ0n) is 11.3. The van der Waals surface area contributed by atoms with E-state index in [1.54, 1.807) is 0 Å². The molecule has 3 nitrogen and oxygen atoms in total. The zero-order chi connectivity index (χ0) is 13.7. The second kappa shape index (κ2) is 6.40. The van der Waals surface area contributed by atoms with Crippen molar-refractivity contribution in [1.82, 2.24) is 4.90 Å². The third-order valence-corrected chi connectivity index (χ3v) is 3.98. The molecule has 19 heavy (non-hydrogen) atoms. The van der Waals surface area contributed by atoms with Crippen LogP contribution in [0, 0.1) is 5.41 Å². The molecule has 1 aromatic carbocycles. The van der Waals surface area contributed by atoms with Crippen LogP contribution >= 0.6 is 11.6 Å². The summed E-state index contributed by atoms with van der Waals surface area (Å²) in [5, 5.41) is 0. The predicted octanol–water partition coefficient (Wildman–Crippen LogP) is 2.68. The molecule has 1 aliphatic rings. The van der Waals surface area contributed by atoms with Crippen molar-refractivity contribution in [2.75, 3.05) is 26.1 Å². The summed E-state index contributed by atoms with van der Waals surface area (Å²) in [5.41, 5.74) is 0.941. The van der Waals surface area contributed by atoms with Gasteiger partial charge in [-0.1, -0.05) is 30.3 Å². The summed E-state index contributed by atoms with van der Waals surface area (Å²) < 4.78 is 4.94. The van der Waals surface area contributed by atoms with E-state index in [0.29, 0.717) is 5.88 Å². The van der Waals surface area contributed by atoms with Gasteiger partial charge in [0.15, 0.2) is 0 Å². The summed E-state index contributed by atoms with van der Waals surface area (Å²) in [4.78, 5) is 14.2. The minimum Gasteiger partial charge on any atom is -0.469 e. The number of nitrogens with zero attached hydrogens (tertiary/aromatic N) is 1. The molecule has 0 bridgehead atoms. The van der Waals surface area contributed by atoms with Crippen LogP contribution in [0.4, 0.5) is 0 Å². The van der Waals surface area contributed by atoms with Gasteiger partial charge in [0.25, 0.3) is 0 Å². The third kappa shape index (κ3) is 3.28. The first-order chi connectivity index (χ1) is 9.20. The Morgan fingerprint density at radius 3 is 2.63 bits per heavy atom. The van der Waals surface area contributed by atoms with Crippen LogP contribution in [-0.4, -0.2) is 36.9 Å². The highest BCUT2D eigenvalue weighted by molar-refractivity contribution is 6.17. The predicted molar refractivity (Wildman–Crippen MR) is 76.1 cm³/mol. The van der Waals surface area contributed by atoms with Crippen molar-refractivity contribution in [2.45, 2.75) is 19.4 Å². The molecule has 0 radical (unpaired) electrons. The van der Waals surface area contributed by atoms with Crippen molar-refractivity contribution in [3.05, 3.63) is 35.9 Å². The highest BCUT2D eigenvalue weighted by atomic mass is 35.5. The lowest BCUT2D eigenvalue weighted by Gasteiger charge is -2.48. The molecule has 0 saturated carbocycles. The van der Waals surface area contributed by atoms with E-state index in [4.69, 9.17) is 16.3 Å². The Labute approximate surface area is 119 Å². The molecule has 0 spiro atoms. The third-order valence-electron chi connectivity index (χ3n) is 3.71. The first-order valence-corrected chi connectivity index (χ1v) is 7.14. The van der Waals surface area contributed by atoms with Gasteiger partial charge in [-0.3, -0.25) is 9.69 Å². The molecule has 4 heteroatoms. The minimum atomic E-state index is -0.335. The van der Waals surface area contributed by atoms with Gasteiger partial charge in [-0.25, -0.2) is 0 Å². The van der Waals surface area contributed by atoms with Crippen molar-refractivity contribution in [1.29, 1.82) is 0 Å². The summed E-state index contributed by atoms with van der Waals surface area (Å²) in [6.45, 7) is 2.43. The van der Waals surface area contributed by atoms with Crippen molar-refractivity contribution >= 4 is 17.6 Å². The summed E-state index contributed by atoms with van der Waals surface area (Å²) in [6, 6.07) is 10.3. The number of hydrogen-bond donors (Lipinski definition) is 0. The van der Waals surface area contributed by atoms with Gasteiger partial charge in [-0.2, -0.15) is 0 Å². The Morgan fingerprint density at radius 1 is 1.37 bits per heavy atom. The van der Waals surface area contributed by atoms with Gasteiger partial charge in [0.2, 0.25) is 0 Å². The van der Waals surface area contributed by atoms with Gasteiger partial charge in [-0.05, 0) is 18.4 Å². The Hall–Kier alpha value is -1.06. The minimum absolute atomic E-state index is 0.0954. The molecule has 0 atom stereocenters. The summed E-state index contributed by atoms with van der Waals surface area (Å²) in [7, 11) is 1.46. The second-order valence-corrected chi connectivity index (χ2v) is 5.57. The molecular weight excluding hydrogens is 262 g/mol. The number of carbonyl (C=O) groups is 1. The molecule has 1 fully saturated rings. The lowest BCUT2D eigenvalue weighted by Crippen LogP contribution is -2.60. The van der Waals surface area contributed by atoms with Gasteiger partial charge in [-0.15, -0.1) is 11.6 Å². The van der Waals surface area contributed by atoms with Crippen LogP contribution in [0.25, 0.3) is 0 Å². The Bertz CT molecular complexity index is 415. The monoisotopic (exact) mass is 281 g/mol. The van der Waals surface area contributed by atoms with Crippen molar-refractivity contribution < 1.29 is 9.53 Å². The van der Waals surface area contributed by atoms with Crippen LogP contribution in [0.2, 0.25) is 0 Å². The van der Waals surface area contributed by atoms with Crippen LogP contribution in [-0.2, 0) is 16.1 Å². The fourth-order valence-electron chi connectivity index (χ4n) is 2.77. The number of hydrogen-bond acceptors (Lipinski definition) is 3. The van der Waals surface area contributed by atoms with E-state index in [1.165, 1.54) is 12.7 Å².